The van der Waals surface area contributed by atoms with Gasteiger partial charge in [-0.25, -0.2) is 9.37 Å². The molecule has 24 heavy (non-hydrogen) atoms. The van der Waals surface area contributed by atoms with Gasteiger partial charge in [-0.3, -0.25) is 4.79 Å². The third kappa shape index (κ3) is 3.80. The summed E-state index contributed by atoms with van der Waals surface area (Å²) in [4.78, 5) is 16.4. The number of hydrogen-bond acceptors (Lipinski definition) is 5. The largest absolute Gasteiger partial charge is 0.496 e. The van der Waals surface area contributed by atoms with E-state index in [-0.39, 0.29) is 18.1 Å². The second kappa shape index (κ2) is 7.27. The first-order valence-electron chi connectivity index (χ1n) is 7.23. The van der Waals surface area contributed by atoms with Gasteiger partial charge in [0, 0.05) is 10.9 Å². The molecule has 0 aliphatic rings. The summed E-state index contributed by atoms with van der Waals surface area (Å²) < 4.78 is 23.9. The molecule has 0 atom stereocenters. The predicted octanol–water partition coefficient (Wildman–Crippen LogP) is 3.41. The highest BCUT2D eigenvalue weighted by Crippen LogP contribution is 2.31. The summed E-state index contributed by atoms with van der Waals surface area (Å²) in [5, 5.41) is 5.19. The van der Waals surface area contributed by atoms with Gasteiger partial charge in [-0.2, -0.15) is 0 Å². The van der Waals surface area contributed by atoms with Crippen LogP contribution in [0.1, 0.15) is 10.8 Å². The topological polar surface area (TPSA) is 64.4 Å². The van der Waals surface area contributed by atoms with Crippen LogP contribution in [0.25, 0.3) is 11.3 Å². The standard InChI is InChI=1S/C17H15FN2O3S/c1-22-15-5-4-11(18)7-13(15)14-10-24-17(20-14)8-16(21)19-9-12-3-2-6-23-12/h2-7,10H,8-9H2,1H3,(H,19,21). The molecule has 7 heteroatoms. The number of carbonyl (C=O) groups is 1. The maximum atomic E-state index is 13.5. The fourth-order valence-electron chi connectivity index (χ4n) is 2.19. The maximum absolute atomic E-state index is 13.5. The zero-order valence-electron chi connectivity index (χ0n) is 12.9. The smallest absolute Gasteiger partial charge is 0.227 e. The summed E-state index contributed by atoms with van der Waals surface area (Å²) in [6.07, 6.45) is 1.71. The minimum Gasteiger partial charge on any atom is -0.496 e. The first kappa shape index (κ1) is 16.2. The van der Waals surface area contributed by atoms with Crippen LogP contribution in [-0.2, 0) is 17.8 Å². The SMILES string of the molecule is COc1ccc(F)cc1-c1csc(CC(=O)NCc2ccco2)n1. The van der Waals surface area contributed by atoms with E-state index in [1.807, 2.05) is 0 Å². The lowest BCUT2D eigenvalue weighted by Gasteiger charge is -2.05. The average molecular weight is 346 g/mol. The highest BCUT2D eigenvalue weighted by molar-refractivity contribution is 7.10. The second-order valence-corrected chi connectivity index (χ2v) is 5.95. The molecule has 2 aromatic heterocycles. The molecule has 0 aliphatic heterocycles. The summed E-state index contributed by atoms with van der Waals surface area (Å²) in [6, 6.07) is 7.81. The van der Waals surface area contributed by atoms with Crippen LogP contribution in [0.5, 0.6) is 5.75 Å². The number of benzene rings is 1. The Balaban J connectivity index is 1.67. The lowest BCUT2D eigenvalue weighted by atomic mass is 10.1. The molecule has 3 rings (SSSR count). The monoisotopic (exact) mass is 346 g/mol. The summed E-state index contributed by atoms with van der Waals surface area (Å²) >= 11 is 1.35. The first-order valence-corrected chi connectivity index (χ1v) is 8.11. The van der Waals surface area contributed by atoms with Gasteiger partial charge < -0.3 is 14.5 Å². The van der Waals surface area contributed by atoms with Gasteiger partial charge in [0.25, 0.3) is 0 Å². The number of thiazole rings is 1. The molecule has 0 saturated heterocycles. The summed E-state index contributed by atoms with van der Waals surface area (Å²) in [7, 11) is 1.52. The number of methoxy groups -OCH3 is 1. The Labute approximate surface area is 142 Å². The molecular weight excluding hydrogens is 331 g/mol. The number of furan rings is 1. The first-order chi connectivity index (χ1) is 11.7. The van der Waals surface area contributed by atoms with Crippen molar-refractivity contribution in [3.63, 3.8) is 0 Å². The third-order valence-electron chi connectivity index (χ3n) is 3.34. The van der Waals surface area contributed by atoms with E-state index in [1.54, 1.807) is 29.8 Å². The molecule has 0 saturated carbocycles. The van der Waals surface area contributed by atoms with Crippen molar-refractivity contribution in [1.82, 2.24) is 10.3 Å². The number of amides is 1. The fourth-order valence-corrected chi connectivity index (χ4v) is 2.99. The lowest BCUT2D eigenvalue weighted by Crippen LogP contribution is -2.24. The number of carbonyl (C=O) groups excluding carboxylic acids is 1. The molecule has 0 bridgehead atoms. The summed E-state index contributed by atoms with van der Waals surface area (Å²) in [6.45, 7) is 0.335. The number of rotatable bonds is 6. The maximum Gasteiger partial charge on any atom is 0.227 e. The molecule has 5 nitrogen and oxygen atoms in total. The number of halogens is 1. The highest BCUT2D eigenvalue weighted by atomic mass is 32.1. The van der Waals surface area contributed by atoms with Crippen LogP contribution in [0, 0.1) is 5.82 Å². The van der Waals surface area contributed by atoms with Crippen LogP contribution >= 0.6 is 11.3 Å². The predicted molar refractivity (Wildman–Crippen MR) is 88.3 cm³/mol. The Morgan fingerprint density at radius 2 is 2.29 bits per heavy atom. The van der Waals surface area contributed by atoms with E-state index in [9.17, 15) is 9.18 Å². The van der Waals surface area contributed by atoms with E-state index in [1.165, 1.54) is 30.6 Å². The summed E-state index contributed by atoms with van der Waals surface area (Å²) in [5.41, 5.74) is 1.15. The highest BCUT2D eigenvalue weighted by Gasteiger charge is 2.13. The van der Waals surface area contributed by atoms with Crippen molar-refractivity contribution in [2.24, 2.45) is 0 Å². The zero-order chi connectivity index (χ0) is 16.9. The number of nitrogens with one attached hydrogen (secondary N) is 1. The Morgan fingerprint density at radius 3 is 3.04 bits per heavy atom. The van der Waals surface area contributed by atoms with Gasteiger partial charge in [0.2, 0.25) is 5.91 Å². The molecule has 0 fully saturated rings. The number of aromatic nitrogens is 1. The lowest BCUT2D eigenvalue weighted by molar-refractivity contribution is -0.120. The molecule has 1 aromatic carbocycles. The van der Waals surface area contributed by atoms with Crippen LogP contribution in [-0.4, -0.2) is 18.0 Å². The number of nitrogens with zero attached hydrogens (tertiary/aromatic N) is 1. The van der Waals surface area contributed by atoms with E-state index in [0.29, 0.717) is 34.3 Å². The van der Waals surface area contributed by atoms with Gasteiger partial charge in [0.05, 0.1) is 32.0 Å². The Bertz CT molecular complexity index is 830. The van der Waals surface area contributed by atoms with Crippen LogP contribution < -0.4 is 10.1 Å². The van der Waals surface area contributed by atoms with E-state index < -0.39 is 0 Å². The molecule has 0 aliphatic carbocycles. The van der Waals surface area contributed by atoms with Crippen molar-refractivity contribution < 1.29 is 18.3 Å². The Kier molecular flexibility index (Phi) is 4.90. The van der Waals surface area contributed by atoms with Crippen molar-refractivity contribution in [3.8, 4) is 17.0 Å². The van der Waals surface area contributed by atoms with Gasteiger partial charge in [0.15, 0.2) is 0 Å². The van der Waals surface area contributed by atoms with Crippen molar-refractivity contribution >= 4 is 17.2 Å². The average Bonchev–Trinajstić information content (AvgIpc) is 3.24. The third-order valence-corrected chi connectivity index (χ3v) is 4.19. The van der Waals surface area contributed by atoms with Gasteiger partial charge in [0.1, 0.15) is 22.3 Å². The van der Waals surface area contributed by atoms with Crippen molar-refractivity contribution in [2.75, 3.05) is 7.11 Å². The van der Waals surface area contributed by atoms with Crippen molar-refractivity contribution in [3.05, 3.63) is 58.6 Å². The minimum atomic E-state index is -0.364. The molecule has 3 aromatic rings. The Hall–Kier alpha value is -2.67. The molecule has 0 radical (unpaired) electrons. The van der Waals surface area contributed by atoms with Crippen molar-refractivity contribution in [2.45, 2.75) is 13.0 Å². The van der Waals surface area contributed by atoms with E-state index in [2.05, 4.69) is 10.3 Å². The molecular formula is C17H15FN2O3S. The molecule has 2 heterocycles. The van der Waals surface area contributed by atoms with E-state index in [0.717, 1.165) is 0 Å². The van der Waals surface area contributed by atoms with Gasteiger partial charge >= 0.3 is 0 Å². The van der Waals surface area contributed by atoms with Crippen LogP contribution in [0.2, 0.25) is 0 Å². The second-order valence-electron chi connectivity index (χ2n) is 5.00. The molecule has 124 valence electrons. The summed E-state index contributed by atoms with van der Waals surface area (Å²) in [5.74, 6) is 0.707. The van der Waals surface area contributed by atoms with Crippen LogP contribution in [0.15, 0.2) is 46.4 Å². The van der Waals surface area contributed by atoms with Crippen LogP contribution in [0.4, 0.5) is 4.39 Å². The van der Waals surface area contributed by atoms with E-state index in [4.69, 9.17) is 9.15 Å². The normalized spacial score (nSPS) is 10.6. The quantitative estimate of drug-likeness (QED) is 0.743. The number of hydrogen-bond donors (Lipinski definition) is 1. The number of ether oxygens (including phenoxy) is 1. The Morgan fingerprint density at radius 1 is 1.42 bits per heavy atom. The molecule has 0 unspecified atom stereocenters. The minimum absolute atomic E-state index is 0.154. The van der Waals surface area contributed by atoms with Gasteiger partial charge in [-0.05, 0) is 30.3 Å². The van der Waals surface area contributed by atoms with E-state index >= 15 is 0 Å². The van der Waals surface area contributed by atoms with Gasteiger partial charge in [-0.15, -0.1) is 11.3 Å². The van der Waals surface area contributed by atoms with Crippen LogP contribution in [0.3, 0.4) is 0 Å². The van der Waals surface area contributed by atoms with Crippen molar-refractivity contribution in [1.29, 1.82) is 0 Å². The van der Waals surface area contributed by atoms with Gasteiger partial charge in [-0.1, -0.05) is 0 Å². The molecule has 0 spiro atoms. The fraction of sp³-hybridized carbons (Fsp3) is 0.176. The molecule has 1 N–H and O–H groups in total. The molecule has 1 amide bonds. The zero-order valence-corrected chi connectivity index (χ0v) is 13.7.